The van der Waals surface area contributed by atoms with Crippen molar-refractivity contribution in [3.63, 3.8) is 0 Å². The second kappa shape index (κ2) is 5.77. The number of carbonyl (C=O) groups is 1. The van der Waals surface area contributed by atoms with Crippen molar-refractivity contribution in [2.24, 2.45) is 0 Å². The van der Waals surface area contributed by atoms with Crippen molar-refractivity contribution in [3.8, 4) is 16.6 Å². The number of amides is 1. The normalized spacial score (nSPS) is 12.3. The summed E-state index contributed by atoms with van der Waals surface area (Å²) in [7, 11) is 0. The van der Waals surface area contributed by atoms with E-state index in [1.807, 2.05) is 29.1 Å². The summed E-state index contributed by atoms with van der Waals surface area (Å²) in [5.74, 6) is 1.25. The molecule has 116 valence electrons. The molecule has 1 aliphatic heterocycles. The predicted octanol–water partition coefficient (Wildman–Crippen LogP) is 2.84. The van der Waals surface area contributed by atoms with E-state index in [1.165, 1.54) is 11.3 Å². The number of aromatic nitrogens is 2. The zero-order valence-corrected chi connectivity index (χ0v) is 12.9. The molecule has 1 aliphatic rings. The molecule has 1 amide bonds. The van der Waals surface area contributed by atoms with Gasteiger partial charge in [-0.05, 0) is 24.3 Å². The number of benzene rings is 1. The maximum absolute atomic E-state index is 12.2. The van der Waals surface area contributed by atoms with Crippen LogP contribution in [-0.2, 0) is 11.2 Å². The number of hydrogen-bond donors (Lipinski definition) is 1. The number of hydrogen-bond acceptors (Lipinski definition) is 5. The number of nitrogens with zero attached hydrogens (tertiary/aromatic N) is 2. The fourth-order valence-electron chi connectivity index (χ4n) is 2.30. The Morgan fingerprint density at radius 2 is 2.09 bits per heavy atom. The molecule has 2 aromatic heterocycles. The average molecular weight is 327 g/mol. The second-order valence-corrected chi connectivity index (χ2v) is 6.09. The third-order valence-corrected chi connectivity index (χ3v) is 4.37. The van der Waals surface area contributed by atoms with Crippen LogP contribution in [0.1, 0.15) is 4.88 Å². The number of thiazole rings is 1. The highest BCUT2D eigenvalue weighted by Gasteiger charge is 2.14. The van der Waals surface area contributed by atoms with Gasteiger partial charge in [0.05, 0.1) is 6.42 Å². The Bertz CT molecular complexity index is 842. The molecule has 23 heavy (non-hydrogen) atoms. The van der Waals surface area contributed by atoms with Crippen molar-refractivity contribution < 1.29 is 14.3 Å². The van der Waals surface area contributed by atoms with Crippen LogP contribution in [0.25, 0.3) is 5.13 Å². The first-order valence-corrected chi connectivity index (χ1v) is 7.87. The summed E-state index contributed by atoms with van der Waals surface area (Å²) in [5, 5.41) is 3.71. The van der Waals surface area contributed by atoms with E-state index in [1.54, 1.807) is 24.4 Å². The number of nitrogens with one attached hydrogen (secondary N) is 1. The lowest BCUT2D eigenvalue weighted by Gasteiger charge is -2.05. The lowest BCUT2D eigenvalue weighted by atomic mass is 10.2. The van der Waals surface area contributed by atoms with Crippen LogP contribution in [0, 0.1) is 0 Å². The largest absolute Gasteiger partial charge is 0.454 e. The first kappa shape index (κ1) is 13.8. The molecule has 0 fully saturated rings. The third kappa shape index (κ3) is 2.91. The third-order valence-electron chi connectivity index (χ3n) is 3.36. The molecule has 0 saturated carbocycles. The molecule has 4 rings (SSSR count). The van der Waals surface area contributed by atoms with Crippen molar-refractivity contribution in [3.05, 3.63) is 53.8 Å². The summed E-state index contributed by atoms with van der Waals surface area (Å²) in [6, 6.07) is 9.22. The maximum Gasteiger partial charge on any atom is 0.231 e. The molecule has 6 nitrogen and oxygen atoms in total. The smallest absolute Gasteiger partial charge is 0.231 e. The van der Waals surface area contributed by atoms with Crippen LogP contribution in [0.15, 0.2) is 48.9 Å². The molecule has 0 aliphatic carbocycles. The van der Waals surface area contributed by atoms with Crippen LogP contribution in [-0.4, -0.2) is 22.3 Å². The quantitative estimate of drug-likeness (QED) is 0.800. The van der Waals surface area contributed by atoms with Crippen LogP contribution in [0.5, 0.6) is 11.5 Å². The number of anilines is 1. The second-order valence-electron chi connectivity index (χ2n) is 4.99. The van der Waals surface area contributed by atoms with Crippen molar-refractivity contribution in [2.45, 2.75) is 6.42 Å². The predicted molar refractivity (Wildman–Crippen MR) is 86.3 cm³/mol. The Morgan fingerprint density at radius 1 is 1.26 bits per heavy atom. The molecule has 3 aromatic rings. The highest BCUT2D eigenvalue weighted by Crippen LogP contribution is 2.34. The van der Waals surface area contributed by atoms with E-state index >= 15 is 0 Å². The van der Waals surface area contributed by atoms with E-state index in [0.717, 1.165) is 10.0 Å². The molecule has 0 radical (unpaired) electrons. The van der Waals surface area contributed by atoms with Crippen LogP contribution in [0.2, 0.25) is 0 Å². The van der Waals surface area contributed by atoms with E-state index in [4.69, 9.17) is 9.47 Å². The van der Waals surface area contributed by atoms with Gasteiger partial charge >= 0.3 is 0 Å². The molecule has 7 heteroatoms. The summed E-state index contributed by atoms with van der Waals surface area (Å²) in [5.41, 5.74) is 0.689. The van der Waals surface area contributed by atoms with E-state index < -0.39 is 0 Å². The van der Waals surface area contributed by atoms with Gasteiger partial charge in [0, 0.05) is 35.2 Å². The Morgan fingerprint density at radius 3 is 2.96 bits per heavy atom. The zero-order chi connectivity index (χ0) is 15.6. The van der Waals surface area contributed by atoms with Gasteiger partial charge in [0.2, 0.25) is 12.7 Å². The summed E-state index contributed by atoms with van der Waals surface area (Å²) < 4.78 is 12.5. The lowest BCUT2D eigenvalue weighted by molar-refractivity contribution is -0.115. The molecule has 3 heterocycles. The Kier molecular flexibility index (Phi) is 3.47. The highest BCUT2D eigenvalue weighted by atomic mass is 32.1. The first-order chi connectivity index (χ1) is 11.3. The van der Waals surface area contributed by atoms with Gasteiger partial charge in [0.15, 0.2) is 16.6 Å². The van der Waals surface area contributed by atoms with Gasteiger partial charge in [-0.2, -0.15) is 0 Å². The Balaban J connectivity index is 1.42. The van der Waals surface area contributed by atoms with Gasteiger partial charge in [0.25, 0.3) is 0 Å². The summed E-state index contributed by atoms with van der Waals surface area (Å²) >= 11 is 1.50. The molecule has 1 aromatic carbocycles. The summed E-state index contributed by atoms with van der Waals surface area (Å²) in [6.07, 6.45) is 5.87. The minimum Gasteiger partial charge on any atom is -0.454 e. The zero-order valence-electron chi connectivity index (χ0n) is 12.1. The SMILES string of the molecule is O=C(Cc1cnc(-n2cccc2)s1)Nc1ccc2c(c1)OCO2. The Hall–Kier alpha value is -2.80. The minimum absolute atomic E-state index is 0.0911. The van der Waals surface area contributed by atoms with Gasteiger partial charge in [-0.3, -0.25) is 4.79 Å². The van der Waals surface area contributed by atoms with Crippen molar-refractivity contribution in [2.75, 3.05) is 12.1 Å². The van der Waals surface area contributed by atoms with E-state index in [9.17, 15) is 4.79 Å². The number of ether oxygens (including phenoxy) is 2. The average Bonchev–Trinajstić information content (AvgIpc) is 3.27. The number of carbonyl (C=O) groups excluding carboxylic acids is 1. The van der Waals surface area contributed by atoms with Crippen molar-refractivity contribution in [1.82, 2.24) is 9.55 Å². The van der Waals surface area contributed by atoms with Crippen molar-refractivity contribution >= 4 is 22.9 Å². The van der Waals surface area contributed by atoms with Gasteiger partial charge in [-0.15, -0.1) is 11.3 Å². The topological polar surface area (TPSA) is 65.4 Å². The maximum atomic E-state index is 12.2. The summed E-state index contributed by atoms with van der Waals surface area (Å²) in [4.78, 5) is 17.4. The van der Waals surface area contributed by atoms with E-state index in [0.29, 0.717) is 17.2 Å². The molecule has 0 unspecified atom stereocenters. The van der Waals surface area contributed by atoms with E-state index in [-0.39, 0.29) is 19.1 Å². The summed E-state index contributed by atoms with van der Waals surface area (Å²) in [6.45, 7) is 0.218. The molecule has 0 spiro atoms. The monoisotopic (exact) mass is 327 g/mol. The van der Waals surface area contributed by atoms with Gasteiger partial charge in [0.1, 0.15) is 0 Å². The molecule has 1 N–H and O–H groups in total. The Labute approximate surface area is 136 Å². The molecular formula is C16H13N3O3S. The standard InChI is InChI=1S/C16H13N3O3S/c20-15(18-11-3-4-13-14(7-11)22-10-21-13)8-12-9-17-16(23-12)19-5-1-2-6-19/h1-7,9H,8,10H2,(H,18,20). The molecular weight excluding hydrogens is 314 g/mol. The van der Waals surface area contributed by atoms with Crippen LogP contribution in [0.4, 0.5) is 5.69 Å². The number of rotatable bonds is 4. The van der Waals surface area contributed by atoms with Gasteiger partial charge in [-0.1, -0.05) is 0 Å². The lowest BCUT2D eigenvalue weighted by Crippen LogP contribution is -2.13. The van der Waals surface area contributed by atoms with Gasteiger partial charge in [-0.25, -0.2) is 4.98 Å². The van der Waals surface area contributed by atoms with Crippen LogP contribution in [0.3, 0.4) is 0 Å². The number of fused-ring (bicyclic) bond motifs is 1. The fraction of sp³-hybridized carbons (Fsp3) is 0.125. The van der Waals surface area contributed by atoms with Crippen LogP contribution < -0.4 is 14.8 Å². The van der Waals surface area contributed by atoms with Crippen LogP contribution >= 0.6 is 11.3 Å². The van der Waals surface area contributed by atoms with Gasteiger partial charge < -0.3 is 19.4 Å². The fourth-order valence-corrected chi connectivity index (χ4v) is 3.17. The van der Waals surface area contributed by atoms with Crippen molar-refractivity contribution in [1.29, 1.82) is 0 Å². The molecule has 0 atom stereocenters. The first-order valence-electron chi connectivity index (χ1n) is 7.05. The van der Waals surface area contributed by atoms with E-state index in [2.05, 4.69) is 10.3 Å². The highest BCUT2D eigenvalue weighted by molar-refractivity contribution is 7.14. The minimum atomic E-state index is -0.0911. The molecule has 0 bridgehead atoms. The molecule has 0 saturated heterocycles.